The van der Waals surface area contributed by atoms with Gasteiger partial charge >= 0.3 is 5.97 Å². The van der Waals surface area contributed by atoms with Crippen LogP contribution in [0.1, 0.15) is 34.3 Å². The summed E-state index contributed by atoms with van der Waals surface area (Å²) in [6.07, 6.45) is 0. The number of hydrogen-bond donors (Lipinski definition) is 0. The summed E-state index contributed by atoms with van der Waals surface area (Å²) >= 11 is 0. The van der Waals surface area contributed by atoms with Gasteiger partial charge in [-0.3, -0.25) is 9.59 Å². The van der Waals surface area contributed by atoms with Crippen molar-refractivity contribution in [3.63, 3.8) is 0 Å². The number of ketones is 1. The second-order valence-electron chi connectivity index (χ2n) is 5.26. The van der Waals surface area contributed by atoms with Crippen LogP contribution >= 0.6 is 0 Å². The largest absolute Gasteiger partial charge is 0.497 e. The lowest BCUT2D eigenvalue weighted by Crippen LogP contribution is -2.12. The minimum atomic E-state index is -0.469. The van der Waals surface area contributed by atoms with E-state index in [9.17, 15) is 9.59 Å². The maximum absolute atomic E-state index is 12.8. The van der Waals surface area contributed by atoms with Crippen molar-refractivity contribution in [3.05, 3.63) is 59.2 Å². The molecule has 0 N–H and O–H groups in total. The lowest BCUT2D eigenvalue weighted by Gasteiger charge is -2.14. The molecule has 24 heavy (non-hydrogen) atoms. The molecular formula is C19H20O5. The van der Waals surface area contributed by atoms with Crippen LogP contribution in [0.15, 0.2) is 42.5 Å². The van der Waals surface area contributed by atoms with Gasteiger partial charge in [0, 0.05) is 5.56 Å². The van der Waals surface area contributed by atoms with E-state index in [4.69, 9.17) is 14.2 Å². The van der Waals surface area contributed by atoms with Crippen LogP contribution in [0.4, 0.5) is 0 Å². The third-order valence-corrected chi connectivity index (χ3v) is 3.88. The lowest BCUT2D eigenvalue weighted by atomic mass is 9.95. The molecule has 0 radical (unpaired) electrons. The average molecular weight is 328 g/mol. The van der Waals surface area contributed by atoms with Crippen LogP contribution in [0.3, 0.4) is 0 Å². The van der Waals surface area contributed by atoms with E-state index in [1.165, 1.54) is 14.2 Å². The number of rotatable bonds is 6. The highest BCUT2D eigenvalue weighted by Crippen LogP contribution is 2.27. The van der Waals surface area contributed by atoms with E-state index < -0.39 is 5.92 Å². The highest BCUT2D eigenvalue weighted by Gasteiger charge is 2.20. The molecule has 2 aromatic rings. The van der Waals surface area contributed by atoms with E-state index in [0.29, 0.717) is 28.2 Å². The molecule has 2 rings (SSSR count). The molecule has 0 heterocycles. The fourth-order valence-electron chi connectivity index (χ4n) is 2.38. The molecule has 0 spiro atoms. The molecule has 1 unspecified atom stereocenters. The van der Waals surface area contributed by atoms with Gasteiger partial charge in [-0.05, 0) is 48.9 Å². The van der Waals surface area contributed by atoms with Gasteiger partial charge in [0.1, 0.15) is 11.5 Å². The second-order valence-corrected chi connectivity index (χ2v) is 5.26. The smallest absolute Gasteiger partial charge is 0.312 e. The van der Waals surface area contributed by atoms with Crippen LogP contribution in [-0.2, 0) is 9.53 Å². The highest BCUT2D eigenvalue weighted by atomic mass is 16.5. The van der Waals surface area contributed by atoms with Crippen molar-refractivity contribution in [3.8, 4) is 11.5 Å². The Morgan fingerprint density at radius 3 is 2.12 bits per heavy atom. The van der Waals surface area contributed by atoms with Crippen molar-refractivity contribution >= 4 is 11.8 Å². The summed E-state index contributed by atoms with van der Waals surface area (Å²) in [6.45, 7) is 1.73. The van der Waals surface area contributed by atoms with E-state index in [2.05, 4.69) is 0 Å². The Kier molecular flexibility index (Phi) is 5.58. The summed E-state index contributed by atoms with van der Waals surface area (Å²) in [5.41, 5.74) is 1.60. The molecule has 0 amide bonds. The van der Waals surface area contributed by atoms with E-state index in [0.717, 1.165) is 0 Å². The monoisotopic (exact) mass is 328 g/mol. The van der Waals surface area contributed by atoms with Crippen LogP contribution in [0.5, 0.6) is 11.5 Å². The van der Waals surface area contributed by atoms with Crippen molar-refractivity contribution in [2.45, 2.75) is 12.8 Å². The van der Waals surface area contributed by atoms with Crippen LogP contribution < -0.4 is 9.47 Å². The molecule has 0 aromatic heterocycles. The van der Waals surface area contributed by atoms with Gasteiger partial charge in [0.15, 0.2) is 5.78 Å². The van der Waals surface area contributed by atoms with Crippen LogP contribution in [-0.4, -0.2) is 33.1 Å². The first-order valence-corrected chi connectivity index (χ1v) is 7.46. The standard InChI is InChI=1S/C19H20O5/c1-12(19(21)24-4)14-7-10-17(23-3)16(11-14)18(20)13-5-8-15(22-2)9-6-13/h5-12H,1-4H3. The lowest BCUT2D eigenvalue weighted by molar-refractivity contribution is -0.142. The Balaban J connectivity index is 2.42. The van der Waals surface area contributed by atoms with E-state index >= 15 is 0 Å². The van der Waals surface area contributed by atoms with Gasteiger partial charge < -0.3 is 14.2 Å². The average Bonchev–Trinajstić information content (AvgIpc) is 2.65. The molecule has 1 atom stereocenters. The summed E-state index contributed by atoms with van der Waals surface area (Å²) < 4.78 is 15.2. The fraction of sp³-hybridized carbons (Fsp3) is 0.263. The summed E-state index contributed by atoms with van der Waals surface area (Å²) in [4.78, 5) is 24.5. The number of ether oxygens (including phenoxy) is 3. The Hall–Kier alpha value is -2.82. The number of benzene rings is 2. The number of carbonyl (C=O) groups is 2. The van der Waals surface area contributed by atoms with Crippen LogP contribution in [0.2, 0.25) is 0 Å². The number of carbonyl (C=O) groups excluding carboxylic acids is 2. The Labute approximate surface area is 141 Å². The molecule has 0 aliphatic carbocycles. The van der Waals surface area contributed by atoms with Gasteiger partial charge in [-0.25, -0.2) is 0 Å². The molecular weight excluding hydrogens is 308 g/mol. The first-order chi connectivity index (χ1) is 11.5. The third-order valence-electron chi connectivity index (χ3n) is 3.88. The zero-order valence-corrected chi connectivity index (χ0v) is 14.2. The Morgan fingerprint density at radius 2 is 1.58 bits per heavy atom. The summed E-state index contributed by atoms with van der Waals surface area (Å²) in [5.74, 6) is 0.114. The SMILES string of the molecule is COC(=O)C(C)c1ccc(OC)c(C(=O)c2ccc(OC)cc2)c1. The molecule has 0 fully saturated rings. The zero-order valence-electron chi connectivity index (χ0n) is 14.2. The minimum Gasteiger partial charge on any atom is -0.497 e. The quantitative estimate of drug-likeness (QED) is 0.602. The van der Waals surface area contributed by atoms with Crippen LogP contribution in [0.25, 0.3) is 0 Å². The topological polar surface area (TPSA) is 61.8 Å². The molecule has 0 aliphatic rings. The van der Waals surface area contributed by atoms with Gasteiger partial charge in [-0.2, -0.15) is 0 Å². The molecule has 0 bridgehead atoms. The maximum atomic E-state index is 12.8. The van der Waals surface area contributed by atoms with E-state index in [1.807, 2.05) is 0 Å². The van der Waals surface area contributed by atoms with Crippen molar-refractivity contribution in [2.24, 2.45) is 0 Å². The van der Waals surface area contributed by atoms with Crippen molar-refractivity contribution < 1.29 is 23.8 Å². The molecule has 0 aliphatic heterocycles. The minimum absolute atomic E-state index is 0.187. The normalized spacial score (nSPS) is 11.5. The Bertz CT molecular complexity index is 734. The van der Waals surface area contributed by atoms with E-state index in [-0.39, 0.29) is 11.8 Å². The van der Waals surface area contributed by atoms with Gasteiger partial charge in [-0.15, -0.1) is 0 Å². The van der Waals surface area contributed by atoms with Gasteiger partial charge in [0.2, 0.25) is 0 Å². The number of methoxy groups -OCH3 is 3. The molecule has 126 valence electrons. The van der Waals surface area contributed by atoms with Crippen molar-refractivity contribution in [1.82, 2.24) is 0 Å². The summed E-state index contributed by atoms with van der Waals surface area (Å²) in [7, 11) is 4.41. The number of hydrogen-bond acceptors (Lipinski definition) is 5. The molecule has 0 saturated carbocycles. The summed E-state index contributed by atoms with van der Waals surface area (Å²) in [6, 6.07) is 11.9. The predicted octanol–water partition coefficient (Wildman–Crippen LogP) is 3.21. The van der Waals surface area contributed by atoms with Gasteiger partial charge in [-0.1, -0.05) is 6.07 Å². The van der Waals surface area contributed by atoms with Crippen LogP contribution in [0, 0.1) is 0 Å². The van der Waals surface area contributed by atoms with E-state index in [1.54, 1.807) is 56.5 Å². The predicted molar refractivity (Wildman–Crippen MR) is 89.9 cm³/mol. The maximum Gasteiger partial charge on any atom is 0.312 e. The first kappa shape index (κ1) is 17.5. The second kappa shape index (κ2) is 7.64. The molecule has 5 nitrogen and oxygen atoms in total. The van der Waals surface area contributed by atoms with Gasteiger partial charge in [0.05, 0.1) is 32.8 Å². The Morgan fingerprint density at radius 1 is 0.917 bits per heavy atom. The molecule has 0 saturated heterocycles. The highest BCUT2D eigenvalue weighted by molar-refractivity contribution is 6.11. The summed E-state index contributed by atoms with van der Waals surface area (Å²) in [5, 5.41) is 0. The zero-order chi connectivity index (χ0) is 17.7. The first-order valence-electron chi connectivity index (χ1n) is 7.46. The molecule has 5 heteroatoms. The fourth-order valence-corrected chi connectivity index (χ4v) is 2.38. The third kappa shape index (κ3) is 3.56. The molecule has 2 aromatic carbocycles. The number of esters is 1. The van der Waals surface area contributed by atoms with Crippen molar-refractivity contribution in [2.75, 3.05) is 21.3 Å². The van der Waals surface area contributed by atoms with Crippen molar-refractivity contribution in [1.29, 1.82) is 0 Å². The van der Waals surface area contributed by atoms with Gasteiger partial charge in [0.25, 0.3) is 0 Å².